The van der Waals surface area contributed by atoms with Crippen LogP contribution in [0.15, 0.2) is 36.4 Å². The van der Waals surface area contributed by atoms with Crippen LogP contribution in [0.2, 0.25) is 0 Å². The maximum Gasteiger partial charge on any atom is 0.311 e. The Labute approximate surface area is 98.3 Å². The zero-order valence-corrected chi connectivity index (χ0v) is 10.2. The van der Waals surface area contributed by atoms with Crippen LogP contribution in [0.3, 0.4) is 0 Å². The minimum absolute atomic E-state index is 0.316. The summed E-state index contributed by atoms with van der Waals surface area (Å²) in [5, 5.41) is 3.71. The predicted molar refractivity (Wildman–Crippen MR) is 72.4 cm³/mol. The van der Waals surface area contributed by atoms with Gasteiger partial charge in [-0.1, -0.05) is 44.2 Å². The van der Waals surface area contributed by atoms with E-state index in [-0.39, 0.29) is 5.97 Å². The highest BCUT2D eigenvalue weighted by Crippen LogP contribution is 2.01. The highest BCUT2D eigenvalue weighted by Gasteiger charge is 1.89. The van der Waals surface area contributed by atoms with Crippen molar-refractivity contribution in [1.29, 1.82) is 0 Å². The van der Waals surface area contributed by atoms with Gasteiger partial charge in [-0.15, -0.1) is 0 Å². The average molecular weight is 235 g/mol. The van der Waals surface area contributed by atoms with Crippen molar-refractivity contribution in [2.45, 2.75) is 13.8 Å². The van der Waals surface area contributed by atoms with Gasteiger partial charge in [-0.3, -0.25) is 0 Å². The number of benzene rings is 1. The van der Waals surface area contributed by atoms with Gasteiger partial charge in [-0.2, -0.15) is 10.7 Å². The highest BCUT2D eigenvalue weighted by atomic mass is 32.2. The Morgan fingerprint density at radius 2 is 1.81 bits per heavy atom. The molecule has 0 saturated carbocycles. The molecule has 0 fully saturated rings. The van der Waals surface area contributed by atoms with Gasteiger partial charge in [0.1, 0.15) is 0 Å². The molecular formula is C13H15O2S-. The zero-order valence-electron chi connectivity index (χ0n) is 9.42. The lowest BCUT2D eigenvalue weighted by molar-refractivity contribution is -0.127. The molecular weight excluding hydrogens is 220 g/mol. The van der Waals surface area contributed by atoms with E-state index in [2.05, 4.69) is 0 Å². The van der Waals surface area contributed by atoms with Crippen molar-refractivity contribution in [3.8, 4) is 0 Å². The van der Waals surface area contributed by atoms with Crippen molar-refractivity contribution < 1.29 is 8.98 Å². The Kier molecular flexibility index (Phi) is 5.43. The van der Waals surface area contributed by atoms with Crippen LogP contribution in [0.1, 0.15) is 19.4 Å². The van der Waals surface area contributed by atoms with Gasteiger partial charge >= 0.3 is 5.97 Å². The smallest absolute Gasteiger partial charge is 0.311 e. The van der Waals surface area contributed by atoms with Crippen LogP contribution in [0.5, 0.6) is 0 Å². The van der Waals surface area contributed by atoms with Gasteiger partial charge in [0.15, 0.2) is 0 Å². The van der Waals surface area contributed by atoms with Crippen molar-refractivity contribution in [2.24, 2.45) is 0 Å². The molecule has 0 aromatic heterocycles. The number of hydrogen-bond acceptors (Lipinski definition) is 3. The van der Waals surface area contributed by atoms with E-state index >= 15 is 0 Å². The standard InChI is InChI=1S/C13H15O2S/c1-3-16(4-2)15-13(14)11-10-12-8-6-5-7-9-12/h3-11H,1-2H3/q-1. The first-order chi connectivity index (χ1) is 7.76. The Balaban J connectivity index is 2.62. The predicted octanol–water partition coefficient (Wildman–Crippen LogP) is 2.42. The summed E-state index contributed by atoms with van der Waals surface area (Å²) in [5.41, 5.74) is 0.986. The van der Waals surface area contributed by atoms with E-state index in [1.165, 1.54) is 6.08 Å². The molecule has 16 heavy (non-hydrogen) atoms. The Morgan fingerprint density at radius 3 is 2.38 bits per heavy atom. The Hall–Kier alpha value is -1.48. The molecule has 1 rings (SSSR count). The fourth-order valence-corrected chi connectivity index (χ4v) is 1.79. The van der Waals surface area contributed by atoms with Crippen LogP contribution < -0.4 is 0 Å². The SMILES string of the molecule is CC=[S-](=CC)OC(=O)C=Cc1ccccc1. The summed E-state index contributed by atoms with van der Waals surface area (Å²) in [6, 6.07) is 9.65. The minimum atomic E-state index is -0.477. The summed E-state index contributed by atoms with van der Waals surface area (Å²) in [6.07, 6.45) is 3.19. The second kappa shape index (κ2) is 6.90. The molecule has 2 nitrogen and oxygen atoms in total. The molecule has 1 aromatic carbocycles. The molecule has 0 amide bonds. The third-order valence-electron chi connectivity index (χ3n) is 1.85. The average Bonchev–Trinajstić information content (AvgIpc) is 2.34. The first-order valence-corrected chi connectivity index (χ1v) is 6.30. The summed E-state index contributed by atoms with van der Waals surface area (Å²) in [6.45, 7) is 3.74. The maximum atomic E-state index is 11.4. The first-order valence-electron chi connectivity index (χ1n) is 5.02. The molecule has 1 aromatic rings. The molecule has 0 aliphatic rings. The molecule has 0 spiro atoms. The van der Waals surface area contributed by atoms with Crippen molar-refractivity contribution in [1.82, 2.24) is 0 Å². The highest BCUT2D eigenvalue weighted by molar-refractivity contribution is 7.89. The number of carbonyl (C=O) groups excluding carboxylic acids is 1. The molecule has 3 heteroatoms. The third kappa shape index (κ3) is 4.36. The summed E-state index contributed by atoms with van der Waals surface area (Å²) in [5.74, 6) is -0.316. The van der Waals surface area contributed by atoms with E-state index in [4.69, 9.17) is 4.18 Å². The molecule has 0 aliphatic heterocycles. The topological polar surface area (TPSA) is 26.3 Å². The lowest BCUT2D eigenvalue weighted by atomic mass is 10.2. The van der Waals surface area contributed by atoms with Gasteiger partial charge in [-0.25, -0.2) is 4.79 Å². The van der Waals surface area contributed by atoms with E-state index in [0.29, 0.717) is 0 Å². The van der Waals surface area contributed by atoms with Crippen LogP contribution in [0, 0.1) is 0 Å². The normalized spacial score (nSPS) is 13.1. The van der Waals surface area contributed by atoms with E-state index < -0.39 is 10.4 Å². The summed E-state index contributed by atoms with van der Waals surface area (Å²) in [7, 11) is -0.477. The monoisotopic (exact) mass is 235 g/mol. The quantitative estimate of drug-likeness (QED) is 0.457. The lowest BCUT2D eigenvalue weighted by Crippen LogP contribution is -2.00. The van der Waals surface area contributed by atoms with Crippen LogP contribution in [-0.4, -0.2) is 16.7 Å². The zero-order chi connectivity index (χ0) is 11.8. The second-order valence-electron chi connectivity index (χ2n) is 2.95. The van der Waals surface area contributed by atoms with Gasteiger partial charge in [-0.05, 0) is 11.6 Å². The molecule has 0 heterocycles. The Morgan fingerprint density at radius 1 is 1.19 bits per heavy atom. The molecule has 86 valence electrons. The van der Waals surface area contributed by atoms with Crippen molar-refractivity contribution in [3.63, 3.8) is 0 Å². The number of rotatable bonds is 3. The van der Waals surface area contributed by atoms with Crippen LogP contribution in [-0.2, 0) is 19.3 Å². The first kappa shape index (κ1) is 12.6. The summed E-state index contributed by atoms with van der Waals surface area (Å²) in [4.78, 5) is 11.4. The molecule has 0 unspecified atom stereocenters. The third-order valence-corrected chi connectivity index (χ3v) is 3.14. The molecule has 0 bridgehead atoms. The fourth-order valence-electron chi connectivity index (χ4n) is 1.08. The van der Waals surface area contributed by atoms with Crippen LogP contribution >= 0.6 is 0 Å². The van der Waals surface area contributed by atoms with Crippen molar-refractivity contribution >= 4 is 33.1 Å². The van der Waals surface area contributed by atoms with Gasteiger partial charge in [0.25, 0.3) is 0 Å². The van der Waals surface area contributed by atoms with Gasteiger partial charge < -0.3 is 14.5 Å². The van der Waals surface area contributed by atoms with Gasteiger partial charge in [0, 0.05) is 6.08 Å². The fraction of sp³-hybridized carbons (Fsp3) is 0.154. The second-order valence-corrected chi connectivity index (χ2v) is 4.71. The largest absolute Gasteiger partial charge is 0.567 e. The van der Waals surface area contributed by atoms with E-state index in [9.17, 15) is 4.79 Å². The van der Waals surface area contributed by atoms with Gasteiger partial charge in [0.05, 0.1) is 0 Å². The van der Waals surface area contributed by atoms with Crippen molar-refractivity contribution in [2.75, 3.05) is 0 Å². The maximum absolute atomic E-state index is 11.4. The van der Waals surface area contributed by atoms with Crippen LogP contribution in [0.25, 0.3) is 6.08 Å². The number of carbonyl (C=O) groups is 1. The number of hydrogen-bond donors (Lipinski definition) is 0. The van der Waals surface area contributed by atoms with E-state index in [0.717, 1.165) is 5.56 Å². The molecule has 0 aliphatic carbocycles. The van der Waals surface area contributed by atoms with E-state index in [1.807, 2.05) is 54.9 Å². The lowest BCUT2D eigenvalue weighted by Gasteiger charge is -2.11. The van der Waals surface area contributed by atoms with E-state index in [1.54, 1.807) is 6.08 Å². The minimum Gasteiger partial charge on any atom is -0.567 e. The summed E-state index contributed by atoms with van der Waals surface area (Å²) >= 11 is 0. The van der Waals surface area contributed by atoms with Crippen molar-refractivity contribution in [3.05, 3.63) is 42.0 Å². The van der Waals surface area contributed by atoms with Crippen LogP contribution in [0.4, 0.5) is 0 Å². The molecule has 0 saturated heterocycles. The molecule has 0 N–H and O–H groups in total. The Bertz CT molecular complexity index is 442. The summed E-state index contributed by atoms with van der Waals surface area (Å²) < 4.78 is 5.16. The molecule has 0 atom stereocenters. The molecule has 0 radical (unpaired) electrons. The van der Waals surface area contributed by atoms with Gasteiger partial charge in [0.2, 0.25) is 0 Å².